The van der Waals surface area contributed by atoms with Crippen molar-refractivity contribution in [1.29, 1.82) is 0 Å². The molecule has 0 bridgehead atoms. The molecule has 0 heterocycles. The first kappa shape index (κ1) is 17.7. The van der Waals surface area contributed by atoms with Crippen molar-refractivity contribution < 1.29 is 13.5 Å². The second kappa shape index (κ2) is 7.61. The predicted molar refractivity (Wildman–Crippen MR) is 81.8 cm³/mol. The number of rotatable bonds is 7. The van der Waals surface area contributed by atoms with Crippen molar-refractivity contribution in [3.05, 3.63) is 28.2 Å². The number of sulfonamides is 1. The molecule has 4 nitrogen and oxygen atoms in total. The smallest absolute Gasteiger partial charge is 0.244 e. The van der Waals surface area contributed by atoms with Crippen LogP contribution in [0.4, 0.5) is 0 Å². The zero-order valence-electron chi connectivity index (χ0n) is 11.5. The Bertz CT molecular complexity index is 545. The number of aliphatic hydroxyl groups is 1. The van der Waals surface area contributed by atoms with E-state index in [1.807, 2.05) is 13.8 Å². The van der Waals surface area contributed by atoms with Crippen molar-refractivity contribution in [2.75, 3.05) is 13.2 Å². The number of benzene rings is 1. The quantitative estimate of drug-likeness (QED) is 0.829. The fraction of sp³-hybridized carbons (Fsp3) is 0.538. The molecule has 114 valence electrons. The molecule has 1 aromatic carbocycles. The topological polar surface area (TPSA) is 57.6 Å². The average Bonchev–Trinajstić information content (AvgIpc) is 2.41. The van der Waals surface area contributed by atoms with Crippen molar-refractivity contribution in [2.45, 2.75) is 37.6 Å². The normalized spacial score (nSPS) is 12.3. The monoisotopic (exact) mass is 339 g/mol. The maximum absolute atomic E-state index is 12.7. The Morgan fingerprint density at radius 2 is 1.85 bits per heavy atom. The van der Waals surface area contributed by atoms with Crippen LogP contribution in [0.15, 0.2) is 23.1 Å². The van der Waals surface area contributed by atoms with E-state index in [4.69, 9.17) is 28.3 Å². The van der Waals surface area contributed by atoms with Gasteiger partial charge in [-0.2, -0.15) is 4.31 Å². The highest BCUT2D eigenvalue weighted by atomic mass is 35.5. The van der Waals surface area contributed by atoms with Gasteiger partial charge in [0.15, 0.2) is 0 Å². The van der Waals surface area contributed by atoms with Crippen molar-refractivity contribution in [3.63, 3.8) is 0 Å². The van der Waals surface area contributed by atoms with E-state index in [0.29, 0.717) is 17.9 Å². The molecule has 0 aromatic heterocycles. The summed E-state index contributed by atoms with van der Waals surface area (Å²) in [5, 5.41) is 9.58. The molecule has 0 fully saturated rings. The van der Waals surface area contributed by atoms with Crippen molar-refractivity contribution in [3.8, 4) is 0 Å². The third kappa shape index (κ3) is 3.86. The average molecular weight is 340 g/mol. The first-order chi connectivity index (χ1) is 9.38. The predicted octanol–water partition coefficient (Wildman–Crippen LogP) is 3.17. The lowest BCUT2D eigenvalue weighted by Gasteiger charge is -2.29. The molecule has 0 saturated carbocycles. The molecule has 0 amide bonds. The molecule has 0 spiro atoms. The Kier molecular flexibility index (Phi) is 6.75. The van der Waals surface area contributed by atoms with Gasteiger partial charge in [-0.1, -0.05) is 37.0 Å². The van der Waals surface area contributed by atoms with Gasteiger partial charge in [0, 0.05) is 17.6 Å². The summed E-state index contributed by atoms with van der Waals surface area (Å²) < 4.78 is 26.7. The van der Waals surface area contributed by atoms with E-state index in [-0.39, 0.29) is 29.1 Å². The molecular formula is C13H19Cl2NO3S. The summed E-state index contributed by atoms with van der Waals surface area (Å²) in [7, 11) is -3.78. The fourth-order valence-electron chi connectivity index (χ4n) is 2.09. The van der Waals surface area contributed by atoms with Crippen LogP contribution < -0.4 is 0 Å². The zero-order chi connectivity index (χ0) is 15.3. The van der Waals surface area contributed by atoms with Gasteiger partial charge < -0.3 is 5.11 Å². The third-order valence-electron chi connectivity index (χ3n) is 3.15. The first-order valence-corrected chi connectivity index (χ1v) is 8.65. The third-order valence-corrected chi connectivity index (χ3v) is 5.82. The van der Waals surface area contributed by atoms with Gasteiger partial charge in [0.1, 0.15) is 4.90 Å². The van der Waals surface area contributed by atoms with Crippen LogP contribution in [0.2, 0.25) is 10.0 Å². The van der Waals surface area contributed by atoms with Crippen molar-refractivity contribution in [1.82, 2.24) is 4.31 Å². The van der Waals surface area contributed by atoms with Crippen LogP contribution in [0.25, 0.3) is 0 Å². The highest BCUT2D eigenvalue weighted by Crippen LogP contribution is 2.29. The number of nitrogens with zero attached hydrogens (tertiary/aromatic N) is 1. The van der Waals surface area contributed by atoms with Gasteiger partial charge in [-0.05, 0) is 31.0 Å². The summed E-state index contributed by atoms with van der Waals surface area (Å²) >= 11 is 11.9. The molecule has 0 atom stereocenters. The lowest BCUT2D eigenvalue weighted by Crippen LogP contribution is -2.41. The summed E-state index contributed by atoms with van der Waals surface area (Å²) in [5.74, 6) is 0. The minimum atomic E-state index is -3.78. The van der Waals surface area contributed by atoms with Crippen LogP contribution in [0.1, 0.15) is 26.7 Å². The lowest BCUT2D eigenvalue weighted by atomic mass is 10.2. The second-order valence-electron chi connectivity index (χ2n) is 4.38. The summed E-state index contributed by atoms with van der Waals surface area (Å²) in [5.41, 5.74) is 0. The van der Waals surface area contributed by atoms with E-state index in [0.717, 1.165) is 0 Å². The molecule has 1 aromatic rings. The maximum Gasteiger partial charge on any atom is 0.244 e. The molecule has 0 aliphatic carbocycles. The lowest BCUT2D eigenvalue weighted by molar-refractivity contribution is 0.219. The van der Waals surface area contributed by atoms with Crippen LogP contribution >= 0.6 is 23.2 Å². The van der Waals surface area contributed by atoms with Crippen LogP contribution in [0.3, 0.4) is 0 Å². The van der Waals surface area contributed by atoms with Gasteiger partial charge in [-0.3, -0.25) is 0 Å². The minimum Gasteiger partial charge on any atom is -0.395 e. The Morgan fingerprint density at radius 1 is 1.25 bits per heavy atom. The summed E-state index contributed by atoms with van der Waals surface area (Å²) in [6, 6.07) is 4.16. The Morgan fingerprint density at radius 3 is 2.35 bits per heavy atom. The first-order valence-electron chi connectivity index (χ1n) is 6.46. The Hall–Kier alpha value is -0.330. The Labute approximate surface area is 130 Å². The highest BCUT2D eigenvalue weighted by Gasteiger charge is 2.31. The second-order valence-corrected chi connectivity index (χ2v) is 7.09. The SMILES string of the molecule is CCC(CC)N(CCO)S(=O)(=O)c1cc(Cl)ccc1Cl. The summed E-state index contributed by atoms with van der Waals surface area (Å²) in [6.45, 7) is 3.62. The molecule has 7 heteroatoms. The van der Waals surface area contributed by atoms with Gasteiger partial charge in [-0.25, -0.2) is 8.42 Å². The molecule has 1 rings (SSSR count). The molecule has 20 heavy (non-hydrogen) atoms. The zero-order valence-corrected chi connectivity index (χ0v) is 13.8. The molecule has 0 radical (unpaired) electrons. The van der Waals surface area contributed by atoms with Crippen LogP contribution in [0.5, 0.6) is 0 Å². The van der Waals surface area contributed by atoms with Gasteiger partial charge in [0.2, 0.25) is 10.0 Å². The maximum atomic E-state index is 12.7. The largest absolute Gasteiger partial charge is 0.395 e. The van der Waals surface area contributed by atoms with E-state index < -0.39 is 10.0 Å². The van der Waals surface area contributed by atoms with Crippen LogP contribution in [-0.2, 0) is 10.0 Å². The number of hydrogen-bond acceptors (Lipinski definition) is 3. The summed E-state index contributed by atoms with van der Waals surface area (Å²) in [6.07, 6.45) is 1.32. The minimum absolute atomic E-state index is 0.0213. The van der Waals surface area contributed by atoms with Crippen LogP contribution in [0, 0.1) is 0 Å². The van der Waals surface area contributed by atoms with E-state index in [1.54, 1.807) is 0 Å². The van der Waals surface area contributed by atoms with Gasteiger partial charge in [-0.15, -0.1) is 0 Å². The Balaban J connectivity index is 3.32. The standard InChI is InChI=1S/C13H19Cl2NO3S/c1-3-11(4-2)16(7-8-17)20(18,19)13-9-10(14)5-6-12(13)15/h5-6,9,11,17H,3-4,7-8H2,1-2H3. The highest BCUT2D eigenvalue weighted by molar-refractivity contribution is 7.89. The summed E-state index contributed by atoms with van der Waals surface area (Å²) in [4.78, 5) is -0.0213. The van der Waals surface area contributed by atoms with Gasteiger partial charge in [0.05, 0.1) is 11.6 Å². The van der Waals surface area contributed by atoms with E-state index in [2.05, 4.69) is 0 Å². The number of halogens is 2. The molecule has 0 aliphatic heterocycles. The van der Waals surface area contributed by atoms with Crippen LogP contribution in [-0.4, -0.2) is 37.0 Å². The van der Waals surface area contributed by atoms with Crippen molar-refractivity contribution in [2.24, 2.45) is 0 Å². The molecule has 0 aliphatic rings. The van der Waals surface area contributed by atoms with Crippen molar-refractivity contribution >= 4 is 33.2 Å². The van der Waals surface area contributed by atoms with Gasteiger partial charge >= 0.3 is 0 Å². The van der Waals surface area contributed by atoms with E-state index in [9.17, 15) is 8.42 Å². The fourth-order valence-corrected chi connectivity index (χ4v) is 4.60. The van der Waals surface area contributed by atoms with E-state index in [1.165, 1.54) is 22.5 Å². The molecule has 0 unspecified atom stereocenters. The van der Waals surface area contributed by atoms with Gasteiger partial charge in [0.25, 0.3) is 0 Å². The number of hydrogen-bond donors (Lipinski definition) is 1. The molecule has 0 saturated heterocycles. The molecule has 1 N–H and O–H groups in total. The molecular weight excluding hydrogens is 321 g/mol. The van der Waals surface area contributed by atoms with E-state index >= 15 is 0 Å². The number of aliphatic hydroxyl groups excluding tert-OH is 1.